The summed E-state index contributed by atoms with van der Waals surface area (Å²) < 4.78 is 10.7. The number of carbonyl (C=O) groups is 1. The van der Waals surface area contributed by atoms with Crippen LogP contribution in [-0.2, 0) is 4.79 Å². The maximum atomic E-state index is 12.0. The summed E-state index contributed by atoms with van der Waals surface area (Å²) in [5.74, 6) is 1.83. The molecule has 0 saturated carbocycles. The molecule has 0 bridgehead atoms. The van der Waals surface area contributed by atoms with Gasteiger partial charge in [-0.25, -0.2) is 0 Å². The van der Waals surface area contributed by atoms with Crippen molar-refractivity contribution in [2.24, 2.45) is 0 Å². The molecule has 0 aliphatic carbocycles. The van der Waals surface area contributed by atoms with Gasteiger partial charge in [0.05, 0.1) is 20.3 Å². The monoisotopic (exact) mass is 292 g/mol. The molecule has 0 spiro atoms. The average molecular weight is 292 g/mol. The van der Waals surface area contributed by atoms with Gasteiger partial charge in [0.1, 0.15) is 11.5 Å². The fraction of sp³-hybridized carbons (Fsp3) is 0.562. The zero-order chi connectivity index (χ0) is 15.2. The molecule has 116 valence electrons. The number of ether oxygens (including phenoxy) is 2. The fourth-order valence-electron chi connectivity index (χ4n) is 2.73. The minimum absolute atomic E-state index is 0.0251. The molecule has 1 aromatic carbocycles. The molecule has 5 nitrogen and oxygen atoms in total. The third-order valence-corrected chi connectivity index (χ3v) is 3.99. The second kappa shape index (κ2) is 7.31. The topological polar surface area (TPSA) is 50.8 Å². The van der Waals surface area contributed by atoms with Crippen LogP contribution in [0, 0.1) is 0 Å². The van der Waals surface area contributed by atoms with E-state index in [-0.39, 0.29) is 11.9 Å². The SMILES string of the molecule is CNC(CN1CCCCC1=O)c1cc(OC)ccc1OC. The number of piperidine rings is 1. The van der Waals surface area contributed by atoms with Crippen molar-refractivity contribution < 1.29 is 14.3 Å². The van der Waals surface area contributed by atoms with Crippen molar-refractivity contribution in [1.82, 2.24) is 10.2 Å². The first-order chi connectivity index (χ1) is 10.2. The number of carbonyl (C=O) groups excluding carboxylic acids is 1. The summed E-state index contributed by atoms with van der Waals surface area (Å²) in [4.78, 5) is 13.9. The number of amides is 1. The van der Waals surface area contributed by atoms with Crippen molar-refractivity contribution in [1.29, 1.82) is 0 Å². The predicted octanol–water partition coefficient (Wildman–Crippen LogP) is 1.98. The van der Waals surface area contributed by atoms with Crippen LogP contribution in [0.2, 0.25) is 0 Å². The Kier molecular flexibility index (Phi) is 5.44. The molecule has 1 N–H and O–H groups in total. The maximum absolute atomic E-state index is 12.0. The standard InChI is InChI=1S/C16H24N2O3/c1-17-14(11-18-9-5-4-6-16(18)19)13-10-12(20-2)7-8-15(13)21-3/h7-8,10,14,17H,4-6,9,11H2,1-3H3. The molecular weight excluding hydrogens is 268 g/mol. The summed E-state index contributed by atoms with van der Waals surface area (Å²) in [6, 6.07) is 5.77. The third-order valence-electron chi connectivity index (χ3n) is 3.99. The molecule has 21 heavy (non-hydrogen) atoms. The molecule has 1 heterocycles. The van der Waals surface area contributed by atoms with Gasteiger partial charge in [0.25, 0.3) is 0 Å². The van der Waals surface area contributed by atoms with E-state index in [1.807, 2.05) is 30.1 Å². The molecule has 1 unspecified atom stereocenters. The summed E-state index contributed by atoms with van der Waals surface area (Å²) in [6.45, 7) is 1.49. The lowest BCUT2D eigenvalue weighted by atomic mass is 10.0. The number of hydrogen-bond acceptors (Lipinski definition) is 4. The van der Waals surface area contributed by atoms with Crippen LogP contribution in [0.4, 0.5) is 0 Å². The minimum atomic E-state index is 0.0251. The second-order valence-corrected chi connectivity index (χ2v) is 5.25. The highest BCUT2D eigenvalue weighted by Gasteiger charge is 2.24. The van der Waals surface area contributed by atoms with E-state index in [4.69, 9.17) is 9.47 Å². The number of hydrogen-bond donors (Lipinski definition) is 1. The number of likely N-dealkylation sites (N-methyl/N-ethyl adjacent to an activating group) is 1. The highest BCUT2D eigenvalue weighted by molar-refractivity contribution is 5.76. The molecule has 0 radical (unpaired) electrons. The van der Waals surface area contributed by atoms with Crippen molar-refractivity contribution in [3.05, 3.63) is 23.8 Å². The zero-order valence-corrected chi connectivity index (χ0v) is 13.0. The Morgan fingerprint density at radius 2 is 2.10 bits per heavy atom. The molecule has 1 fully saturated rings. The number of nitrogens with one attached hydrogen (secondary N) is 1. The van der Waals surface area contributed by atoms with Gasteiger partial charge >= 0.3 is 0 Å². The molecule has 1 aliphatic heterocycles. The number of methoxy groups -OCH3 is 2. The van der Waals surface area contributed by atoms with Gasteiger partial charge in [-0.15, -0.1) is 0 Å². The van der Waals surface area contributed by atoms with Crippen LogP contribution >= 0.6 is 0 Å². The molecule has 1 aliphatic rings. The van der Waals surface area contributed by atoms with Crippen molar-refractivity contribution >= 4 is 5.91 Å². The van der Waals surface area contributed by atoms with E-state index in [0.717, 1.165) is 36.4 Å². The molecule has 1 saturated heterocycles. The third kappa shape index (κ3) is 3.67. The normalized spacial score (nSPS) is 16.7. The van der Waals surface area contributed by atoms with Crippen LogP contribution in [0.5, 0.6) is 11.5 Å². The van der Waals surface area contributed by atoms with Gasteiger partial charge in [-0.1, -0.05) is 0 Å². The van der Waals surface area contributed by atoms with Crippen molar-refractivity contribution in [2.45, 2.75) is 25.3 Å². The molecule has 5 heteroatoms. The van der Waals surface area contributed by atoms with Gasteiger partial charge in [-0.3, -0.25) is 4.79 Å². The summed E-state index contributed by atoms with van der Waals surface area (Å²) >= 11 is 0. The Bertz CT molecular complexity index is 490. The Morgan fingerprint density at radius 1 is 1.29 bits per heavy atom. The lowest BCUT2D eigenvalue weighted by Gasteiger charge is -2.31. The molecule has 1 aromatic rings. The Morgan fingerprint density at radius 3 is 2.71 bits per heavy atom. The quantitative estimate of drug-likeness (QED) is 0.871. The van der Waals surface area contributed by atoms with E-state index in [9.17, 15) is 4.79 Å². The van der Waals surface area contributed by atoms with Crippen LogP contribution < -0.4 is 14.8 Å². The lowest BCUT2D eigenvalue weighted by Crippen LogP contribution is -2.41. The largest absolute Gasteiger partial charge is 0.497 e. The second-order valence-electron chi connectivity index (χ2n) is 5.25. The molecule has 2 rings (SSSR count). The summed E-state index contributed by atoms with van der Waals surface area (Å²) in [7, 11) is 5.20. The summed E-state index contributed by atoms with van der Waals surface area (Å²) in [5, 5.41) is 3.28. The Hall–Kier alpha value is -1.75. The van der Waals surface area contributed by atoms with Crippen LogP contribution in [0.3, 0.4) is 0 Å². The smallest absolute Gasteiger partial charge is 0.222 e. The lowest BCUT2D eigenvalue weighted by molar-refractivity contribution is -0.133. The molecule has 1 atom stereocenters. The van der Waals surface area contributed by atoms with Gasteiger partial charge in [0, 0.05) is 25.1 Å². The van der Waals surface area contributed by atoms with Crippen molar-refractivity contribution in [2.75, 3.05) is 34.4 Å². The molecule has 0 aromatic heterocycles. The predicted molar refractivity (Wildman–Crippen MR) is 81.8 cm³/mol. The Balaban J connectivity index is 2.21. The van der Waals surface area contributed by atoms with Gasteiger partial charge < -0.3 is 19.7 Å². The Labute approximate surface area is 126 Å². The first-order valence-corrected chi connectivity index (χ1v) is 7.36. The van der Waals surface area contributed by atoms with Crippen molar-refractivity contribution in [3.63, 3.8) is 0 Å². The number of benzene rings is 1. The van der Waals surface area contributed by atoms with E-state index in [2.05, 4.69) is 5.32 Å². The van der Waals surface area contributed by atoms with Gasteiger partial charge in [-0.05, 0) is 38.1 Å². The van der Waals surface area contributed by atoms with Gasteiger partial charge in [0.2, 0.25) is 5.91 Å². The van der Waals surface area contributed by atoms with Crippen molar-refractivity contribution in [3.8, 4) is 11.5 Å². The van der Waals surface area contributed by atoms with E-state index >= 15 is 0 Å². The molecule has 1 amide bonds. The average Bonchev–Trinajstić information content (AvgIpc) is 2.53. The first-order valence-electron chi connectivity index (χ1n) is 7.36. The zero-order valence-electron chi connectivity index (χ0n) is 13.0. The van der Waals surface area contributed by atoms with E-state index < -0.39 is 0 Å². The van der Waals surface area contributed by atoms with Crippen LogP contribution in [-0.4, -0.2) is 45.2 Å². The highest BCUT2D eigenvalue weighted by atomic mass is 16.5. The first kappa shape index (κ1) is 15.6. The van der Waals surface area contributed by atoms with Gasteiger partial charge in [0.15, 0.2) is 0 Å². The minimum Gasteiger partial charge on any atom is -0.497 e. The highest BCUT2D eigenvalue weighted by Crippen LogP contribution is 2.30. The maximum Gasteiger partial charge on any atom is 0.222 e. The summed E-state index contributed by atoms with van der Waals surface area (Å²) in [6.07, 6.45) is 2.74. The number of rotatable bonds is 6. The fourth-order valence-corrected chi connectivity index (χ4v) is 2.73. The number of likely N-dealkylation sites (tertiary alicyclic amines) is 1. The van der Waals surface area contributed by atoms with Crippen LogP contribution in [0.25, 0.3) is 0 Å². The van der Waals surface area contributed by atoms with Gasteiger partial charge in [-0.2, -0.15) is 0 Å². The molecular formula is C16H24N2O3. The van der Waals surface area contributed by atoms with Crippen LogP contribution in [0.15, 0.2) is 18.2 Å². The number of nitrogens with zero attached hydrogens (tertiary/aromatic N) is 1. The summed E-state index contributed by atoms with van der Waals surface area (Å²) in [5.41, 5.74) is 1.01. The van der Waals surface area contributed by atoms with E-state index in [1.165, 1.54) is 0 Å². The van der Waals surface area contributed by atoms with E-state index in [0.29, 0.717) is 13.0 Å². The van der Waals surface area contributed by atoms with Crippen LogP contribution in [0.1, 0.15) is 30.9 Å². The van der Waals surface area contributed by atoms with E-state index in [1.54, 1.807) is 14.2 Å².